The van der Waals surface area contributed by atoms with Gasteiger partial charge in [-0.1, -0.05) is 26.8 Å². The molecule has 0 aliphatic carbocycles. The molecule has 1 aromatic carbocycles. The van der Waals surface area contributed by atoms with E-state index in [-0.39, 0.29) is 43.8 Å². The number of carbonyl (C=O) groups is 2. The first-order chi connectivity index (χ1) is 11.3. The van der Waals surface area contributed by atoms with Crippen LogP contribution in [0, 0.1) is 6.92 Å². The van der Waals surface area contributed by atoms with Crippen molar-refractivity contribution in [1.82, 2.24) is 0 Å². The zero-order chi connectivity index (χ0) is 18.2. The average molecular weight is 336 g/mol. The maximum absolute atomic E-state index is 12.1. The lowest BCUT2D eigenvalue weighted by molar-refractivity contribution is -0.142. The van der Waals surface area contributed by atoms with E-state index in [2.05, 4.69) is 20.8 Å². The van der Waals surface area contributed by atoms with E-state index in [0.29, 0.717) is 5.56 Å². The largest absolute Gasteiger partial charge is 0.463 e. The van der Waals surface area contributed by atoms with E-state index in [4.69, 9.17) is 14.2 Å². The van der Waals surface area contributed by atoms with Crippen molar-refractivity contribution < 1.29 is 23.8 Å². The summed E-state index contributed by atoms with van der Waals surface area (Å²) in [4.78, 5) is 22.6. The van der Waals surface area contributed by atoms with Crippen LogP contribution in [0.1, 0.15) is 55.6 Å². The summed E-state index contributed by atoms with van der Waals surface area (Å²) in [5.74, 6) is -0.697. The molecule has 0 aliphatic rings. The SMILES string of the molecule is CCC(C)(C)c1ccc(C(=O)OCCOCCOC(C)=O)cc1C. The highest BCUT2D eigenvalue weighted by atomic mass is 16.6. The summed E-state index contributed by atoms with van der Waals surface area (Å²) < 4.78 is 15.1. The molecule has 1 rings (SSSR count). The molecule has 0 N–H and O–H groups in total. The molecule has 0 atom stereocenters. The lowest BCUT2D eigenvalue weighted by Crippen LogP contribution is -2.18. The lowest BCUT2D eigenvalue weighted by atomic mass is 9.79. The molecule has 134 valence electrons. The van der Waals surface area contributed by atoms with Crippen LogP contribution in [-0.4, -0.2) is 38.4 Å². The first-order valence-electron chi connectivity index (χ1n) is 8.27. The van der Waals surface area contributed by atoms with Gasteiger partial charge >= 0.3 is 11.9 Å². The second-order valence-corrected chi connectivity index (χ2v) is 6.36. The fourth-order valence-corrected chi connectivity index (χ4v) is 2.36. The zero-order valence-corrected chi connectivity index (χ0v) is 15.3. The van der Waals surface area contributed by atoms with Crippen molar-refractivity contribution >= 4 is 11.9 Å². The van der Waals surface area contributed by atoms with Crippen LogP contribution in [0.5, 0.6) is 0 Å². The van der Waals surface area contributed by atoms with Gasteiger partial charge in [0.15, 0.2) is 0 Å². The van der Waals surface area contributed by atoms with Gasteiger partial charge in [-0.3, -0.25) is 4.79 Å². The van der Waals surface area contributed by atoms with Gasteiger partial charge < -0.3 is 14.2 Å². The lowest BCUT2D eigenvalue weighted by Gasteiger charge is -2.25. The molecule has 0 heterocycles. The van der Waals surface area contributed by atoms with Crippen LogP contribution < -0.4 is 0 Å². The average Bonchev–Trinajstić information content (AvgIpc) is 2.53. The molecular formula is C19H28O5. The summed E-state index contributed by atoms with van der Waals surface area (Å²) in [5, 5.41) is 0. The summed E-state index contributed by atoms with van der Waals surface area (Å²) in [6, 6.07) is 5.69. The van der Waals surface area contributed by atoms with Crippen LogP contribution in [0.2, 0.25) is 0 Å². The molecule has 0 bridgehead atoms. The Kier molecular flexibility index (Phi) is 7.92. The van der Waals surface area contributed by atoms with Crippen molar-refractivity contribution in [3.63, 3.8) is 0 Å². The number of benzene rings is 1. The van der Waals surface area contributed by atoms with Crippen LogP contribution in [0.3, 0.4) is 0 Å². The minimum atomic E-state index is -0.359. The van der Waals surface area contributed by atoms with E-state index in [1.54, 1.807) is 0 Å². The Morgan fingerprint density at radius 1 is 1.04 bits per heavy atom. The predicted octanol–water partition coefficient (Wildman–Crippen LogP) is 3.42. The quantitative estimate of drug-likeness (QED) is 0.511. The fourth-order valence-electron chi connectivity index (χ4n) is 2.36. The number of carbonyl (C=O) groups excluding carboxylic acids is 2. The highest BCUT2D eigenvalue weighted by molar-refractivity contribution is 5.89. The number of esters is 2. The normalized spacial score (nSPS) is 11.2. The molecule has 0 aliphatic heterocycles. The van der Waals surface area contributed by atoms with Gasteiger partial charge in [0.2, 0.25) is 0 Å². The van der Waals surface area contributed by atoms with Crippen molar-refractivity contribution in [3.8, 4) is 0 Å². The van der Waals surface area contributed by atoms with Crippen LogP contribution in [0.15, 0.2) is 18.2 Å². The van der Waals surface area contributed by atoms with Crippen LogP contribution in [-0.2, 0) is 24.4 Å². The molecule has 5 heteroatoms. The second-order valence-electron chi connectivity index (χ2n) is 6.36. The summed E-state index contributed by atoms with van der Waals surface area (Å²) in [5.41, 5.74) is 2.97. The van der Waals surface area contributed by atoms with Gasteiger partial charge in [0, 0.05) is 6.92 Å². The molecule has 0 aromatic heterocycles. The molecule has 0 unspecified atom stereocenters. The molecule has 0 saturated carbocycles. The molecular weight excluding hydrogens is 308 g/mol. The van der Waals surface area contributed by atoms with E-state index in [0.717, 1.165) is 12.0 Å². The highest BCUT2D eigenvalue weighted by Crippen LogP contribution is 2.29. The van der Waals surface area contributed by atoms with Crippen molar-refractivity contribution in [2.75, 3.05) is 26.4 Å². The third kappa shape index (κ3) is 6.32. The first kappa shape index (κ1) is 20.2. The maximum Gasteiger partial charge on any atom is 0.338 e. The van der Waals surface area contributed by atoms with Gasteiger partial charge in [-0.25, -0.2) is 4.79 Å². The zero-order valence-electron chi connectivity index (χ0n) is 15.3. The molecule has 24 heavy (non-hydrogen) atoms. The Morgan fingerprint density at radius 3 is 2.21 bits per heavy atom. The van der Waals surface area contributed by atoms with Gasteiger partial charge in [0.1, 0.15) is 13.2 Å². The fraction of sp³-hybridized carbons (Fsp3) is 0.579. The third-order valence-electron chi connectivity index (χ3n) is 4.07. The topological polar surface area (TPSA) is 61.8 Å². The molecule has 1 aromatic rings. The van der Waals surface area contributed by atoms with Gasteiger partial charge in [-0.05, 0) is 42.0 Å². The van der Waals surface area contributed by atoms with Crippen molar-refractivity contribution in [3.05, 3.63) is 34.9 Å². The minimum Gasteiger partial charge on any atom is -0.463 e. The Balaban J connectivity index is 2.43. The van der Waals surface area contributed by atoms with E-state index >= 15 is 0 Å². The second kappa shape index (κ2) is 9.42. The van der Waals surface area contributed by atoms with E-state index < -0.39 is 0 Å². The molecule has 5 nitrogen and oxygen atoms in total. The Morgan fingerprint density at radius 2 is 1.67 bits per heavy atom. The van der Waals surface area contributed by atoms with Crippen molar-refractivity contribution in [1.29, 1.82) is 0 Å². The molecule has 0 fully saturated rings. The van der Waals surface area contributed by atoms with Crippen molar-refractivity contribution in [2.45, 2.75) is 46.5 Å². The summed E-state index contributed by atoms with van der Waals surface area (Å²) >= 11 is 0. The number of aryl methyl sites for hydroxylation is 1. The summed E-state index contributed by atoms with van der Waals surface area (Å²) in [7, 11) is 0. The third-order valence-corrected chi connectivity index (χ3v) is 4.07. The maximum atomic E-state index is 12.1. The van der Waals surface area contributed by atoms with Gasteiger partial charge in [-0.15, -0.1) is 0 Å². The molecule has 0 amide bonds. The van der Waals surface area contributed by atoms with Crippen LogP contribution in [0.25, 0.3) is 0 Å². The van der Waals surface area contributed by atoms with Crippen LogP contribution >= 0.6 is 0 Å². The van der Waals surface area contributed by atoms with Gasteiger partial charge in [0.25, 0.3) is 0 Å². The van der Waals surface area contributed by atoms with Gasteiger partial charge in [0.05, 0.1) is 18.8 Å². The summed E-state index contributed by atoms with van der Waals surface area (Å²) in [6.45, 7) is 10.8. The Hall–Kier alpha value is -1.88. The Bertz CT molecular complexity index is 563. The first-order valence-corrected chi connectivity index (χ1v) is 8.27. The number of hydrogen-bond donors (Lipinski definition) is 0. The Labute approximate surface area is 144 Å². The van der Waals surface area contributed by atoms with Crippen molar-refractivity contribution in [2.24, 2.45) is 0 Å². The molecule has 0 spiro atoms. The van der Waals surface area contributed by atoms with E-state index in [1.807, 2.05) is 25.1 Å². The number of hydrogen-bond acceptors (Lipinski definition) is 5. The van der Waals surface area contributed by atoms with Gasteiger partial charge in [-0.2, -0.15) is 0 Å². The smallest absolute Gasteiger partial charge is 0.338 e. The number of ether oxygens (including phenoxy) is 3. The minimum absolute atomic E-state index is 0.0856. The van der Waals surface area contributed by atoms with E-state index in [9.17, 15) is 9.59 Å². The monoisotopic (exact) mass is 336 g/mol. The standard InChI is InChI=1S/C19H28O5/c1-6-19(4,5)17-8-7-16(13-14(17)2)18(21)24-12-10-22-9-11-23-15(3)20/h7-8,13H,6,9-12H2,1-5H3. The molecule has 0 radical (unpaired) electrons. The summed E-state index contributed by atoms with van der Waals surface area (Å²) in [6.07, 6.45) is 1.03. The van der Waals surface area contributed by atoms with E-state index in [1.165, 1.54) is 12.5 Å². The highest BCUT2D eigenvalue weighted by Gasteiger charge is 2.21. The predicted molar refractivity (Wildman–Crippen MR) is 92.2 cm³/mol. The van der Waals surface area contributed by atoms with Crippen LogP contribution in [0.4, 0.5) is 0 Å². The molecule has 0 saturated heterocycles. The number of rotatable bonds is 9.